The fourth-order valence-electron chi connectivity index (χ4n) is 3.94. The van der Waals surface area contributed by atoms with E-state index in [1.807, 2.05) is 30.5 Å². The number of fused-ring (bicyclic) bond motifs is 1. The van der Waals surface area contributed by atoms with E-state index in [-0.39, 0.29) is 5.91 Å². The molecule has 0 spiro atoms. The Labute approximate surface area is 178 Å². The Hall–Kier alpha value is -3.08. The molecule has 0 bridgehead atoms. The highest BCUT2D eigenvalue weighted by Gasteiger charge is 2.20. The van der Waals surface area contributed by atoms with E-state index in [1.54, 1.807) is 0 Å². The predicted octanol–water partition coefficient (Wildman–Crippen LogP) is 4.34. The number of aromatic nitrogens is 1. The molecule has 1 fully saturated rings. The van der Waals surface area contributed by atoms with E-state index < -0.39 is 0 Å². The molecule has 2 aromatic carbocycles. The zero-order valence-corrected chi connectivity index (χ0v) is 17.8. The van der Waals surface area contributed by atoms with E-state index in [4.69, 9.17) is 0 Å². The van der Waals surface area contributed by atoms with Crippen LogP contribution in [-0.4, -0.2) is 43.6 Å². The van der Waals surface area contributed by atoms with Crippen LogP contribution in [0.3, 0.4) is 0 Å². The SMILES string of the molecule is CC(C)CCNC(=O)c1ccc2ccnc(N3CCN(c4ccccc4)CC3)c2c1. The third kappa shape index (κ3) is 4.56. The monoisotopic (exact) mass is 402 g/mol. The number of nitrogens with one attached hydrogen (secondary N) is 1. The molecular formula is C25H30N4O. The van der Waals surface area contributed by atoms with Crippen molar-refractivity contribution in [2.75, 3.05) is 42.5 Å². The standard InChI is InChI=1S/C25H30N4O/c1-19(2)10-12-27-25(30)21-9-8-20-11-13-26-24(23(20)18-21)29-16-14-28(15-17-29)22-6-4-3-5-7-22/h3-9,11,13,18-19H,10,12,14-17H2,1-2H3,(H,27,30). The zero-order valence-electron chi connectivity index (χ0n) is 17.8. The third-order valence-electron chi connectivity index (χ3n) is 5.72. The summed E-state index contributed by atoms with van der Waals surface area (Å²) in [4.78, 5) is 22.0. The second kappa shape index (κ2) is 9.16. The number of anilines is 2. The van der Waals surface area contributed by atoms with Crippen LogP contribution in [0.5, 0.6) is 0 Å². The minimum Gasteiger partial charge on any atom is -0.368 e. The molecule has 4 rings (SSSR count). The molecule has 0 radical (unpaired) electrons. The van der Waals surface area contributed by atoms with Crippen LogP contribution < -0.4 is 15.1 Å². The van der Waals surface area contributed by atoms with E-state index in [0.717, 1.165) is 49.2 Å². The number of para-hydroxylation sites is 1. The minimum absolute atomic E-state index is 0.0127. The lowest BCUT2D eigenvalue weighted by Crippen LogP contribution is -2.46. The Morgan fingerprint density at radius 1 is 1.00 bits per heavy atom. The van der Waals surface area contributed by atoms with Crippen LogP contribution in [0.15, 0.2) is 60.8 Å². The molecule has 0 atom stereocenters. The van der Waals surface area contributed by atoms with E-state index in [0.29, 0.717) is 18.0 Å². The van der Waals surface area contributed by atoms with Crippen LogP contribution in [0.25, 0.3) is 10.8 Å². The first-order chi connectivity index (χ1) is 14.6. The highest BCUT2D eigenvalue weighted by molar-refractivity contribution is 6.01. The number of carbonyl (C=O) groups is 1. The van der Waals surface area contributed by atoms with E-state index in [2.05, 4.69) is 64.3 Å². The number of nitrogens with zero attached hydrogens (tertiary/aromatic N) is 3. The van der Waals surface area contributed by atoms with Crippen LogP contribution in [0, 0.1) is 5.92 Å². The number of benzene rings is 2. The predicted molar refractivity (Wildman–Crippen MR) is 124 cm³/mol. The van der Waals surface area contributed by atoms with Gasteiger partial charge in [0, 0.05) is 55.6 Å². The molecular weight excluding hydrogens is 372 g/mol. The van der Waals surface area contributed by atoms with Gasteiger partial charge in [-0.3, -0.25) is 4.79 Å². The number of pyridine rings is 1. The van der Waals surface area contributed by atoms with E-state index in [1.165, 1.54) is 5.69 Å². The number of hydrogen-bond acceptors (Lipinski definition) is 4. The third-order valence-corrected chi connectivity index (χ3v) is 5.72. The summed E-state index contributed by atoms with van der Waals surface area (Å²) in [7, 11) is 0. The maximum absolute atomic E-state index is 12.6. The summed E-state index contributed by atoms with van der Waals surface area (Å²) in [6, 6.07) is 18.5. The van der Waals surface area contributed by atoms with Gasteiger partial charge in [-0.25, -0.2) is 4.98 Å². The second-order valence-corrected chi connectivity index (χ2v) is 8.32. The van der Waals surface area contributed by atoms with Crippen molar-refractivity contribution >= 4 is 28.2 Å². The highest BCUT2D eigenvalue weighted by Crippen LogP contribution is 2.27. The van der Waals surface area contributed by atoms with Gasteiger partial charge in [-0.05, 0) is 48.1 Å². The average molecular weight is 403 g/mol. The summed E-state index contributed by atoms with van der Waals surface area (Å²) in [5.74, 6) is 1.53. The molecule has 1 N–H and O–H groups in total. The smallest absolute Gasteiger partial charge is 0.251 e. The summed E-state index contributed by atoms with van der Waals surface area (Å²) < 4.78 is 0. The first kappa shape index (κ1) is 20.2. The summed E-state index contributed by atoms with van der Waals surface area (Å²) in [5, 5.41) is 5.20. The lowest BCUT2D eigenvalue weighted by Gasteiger charge is -2.37. The van der Waals surface area contributed by atoms with Crippen molar-refractivity contribution in [1.29, 1.82) is 0 Å². The molecule has 1 aliphatic rings. The molecule has 5 nitrogen and oxygen atoms in total. The molecule has 1 amide bonds. The first-order valence-electron chi connectivity index (χ1n) is 10.8. The number of rotatable bonds is 6. The molecule has 30 heavy (non-hydrogen) atoms. The number of amides is 1. The van der Waals surface area contributed by atoms with Gasteiger partial charge in [-0.1, -0.05) is 38.1 Å². The molecule has 1 saturated heterocycles. The van der Waals surface area contributed by atoms with Crippen LogP contribution in [0.2, 0.25) is 0 Å². The molecule has 0 unspecified atom stereocenters. The summed E-state index contributed by atoms with van der Waals surface area (Å²) in [5.41, 5.74) is 1.96. The Balaban J connectivity index is 1.51. The fraction of sp³-hybridized carbons (Fsp3) is 0.360. The van der Waals surface area contributed by atoms with Gasteiger partial charge in [0.05, 0.1) is 0 Å². The first-order valence-corrected chi connectivity index (χ1v) is 10.8. The summed E-state index contributed by atoms with van der Waals surface area (Å²) >= 11 is 0. The Morgan fingerprint density at radius 3 is 2.47 bits per heavy atom. The van der Waals surface area contributed by atoms with Gasteiger partial charge < -0.3 is 15.1 Å². The maximum atomic E-state index is 12.6. The van der Waals surface area contributed by atoms with Gasteiger partial charge >= 0.3 is 0 Å². The Kier molecular flexibility index (Phi) is 6.17. The molecule has 2 heterocycles. The van der Waals surface area contributed by atoms with Crippen LogP contribution in [-0.2, 0) is 0 Å². The molecule has 1 aromatic heterocycles. The Bertz CT molecular complexity index is 994. The van der Waals surface area contributed by atoms with Crippen molar-refractivity contribution in [2.45, 2.75) is 20.3 Å². The van der Waals surface area contributed by atoms with Crippen molar-refractivity contribution < 1.29 is 4.79 Å². The van der Waals surface area contributed by atoms with Gasteiger partial charge in [0.25, 0.3) is 5.91 Å². The summed E-state index contributed by atoms with van der Waals surface area (Å²) in [6.45, 7) is 8.76. The van der Waals surface area contributed by atoms with Crippen molar-refractivity contribution in [1.82, 2.24) is 10.3 Å². The van der Waals surface area contributed by atoms with E-state index in [9.17, 15) is 4.79 Å². The second-order valence-electron chi connectivity index (χ2n) is 8.32. The summed E-state index contributed by atoms with van der Waals surface area (Å²) in [6.07, 6.45) is 2.85. The molecule has 156 valence electrons. The molecule has 0 saturated carbocycles. The van der Waals surface area contributed by atoms with Gasteiger partial charge in [0.15, 0.2) is 0 Å². The topological polar surface area (TPSA) is 48.5 Å². The van der Waals surface area contributed by atoms with Crippen molar-refractivity contribution in [3.63, 3.8) is 0 Å². The number of hydrogen-bond donors (Lipinski definition) is 1. The lowest BCUT2D eigenvalue weighted by molar-refractivity contribution is 0.0952. The van der Waals surface area contributed by atoms with Gasteiger partial charge in [0.1, 0.15) is 5.82 Å². The fourth-order valence-corrected chi connectivity index (χ4v) is 3.94. The van der Waals surface area contributed by atoms with Crippen LogP contribution >= 0.6 is 0 Å². The maximum Gasteiger partial charge on any atom is 0.251 e. The number of piperazine rings is 1. The van der Waals surface area contributed by atoms with Crippen molar-refractivity contribution in [3.05, 3.63) is 66.4 Å². The quantitative estimate of drug-likeness (QED) is 0.666. The van der Waals surface area contributed by atoms with E-state index >= 15 is 0 Å². The molecule has 3 aromatic rings. The van der Waals surface area contributed by atoms with Crippen LogP contribution in [0.4, 0.5) is 11.5 Å². The largest absolute Gasteiger partial charge is 0.368 e. The van der Waals surface area contributed by atoms with Crippen molar-refractivity contribution in [2.24, 2.45) is 5.92 Å². The molecule has 5 heteroatoms. The van der Waals surface area contributed by atoms with Gasteiger partial charge in [0.2, 0.25) is 0 Å². The zero-order chi connectivity index (χ0) is 20.9. The minimum atomic E-state index is -0.0127. The lowest BCUT2D eigenvalue weighted by atomic mass is 10.1. The molecule has 1 aliphatic heterocycles. The Morgan fingerprint density at radius 2 is 1.73 bits per heavy atom. The van der Waals surface area contributed by atoms with Gasteiger partial charge in [-0.15, -0.1) is 0 Å². The van der Waals surface area contributed by atoms with Crippen LogP contribution in [0.1, 0.15) is 30.6 Å². The molecule has 0 aliphatic carbocycles. The normalized spacial score (nSPS) is 14.4. The average Bonchev–Trinajstić information content (AvgIpc) is 2.79. The highest BCUT2D eigenvalue weighted by atomic mass is 16.1. The number of carbonyl (C=O) groups excluding carboxylic acids is 1. The van der Waals surface area contributed by atoms with Gasteiger partial charge in [-0.2, -0.15) is 0 Å². The van der Waals surface area contributed by atoms with Crippen molar-refractivity contribution in [3.8, 4) is 0 Å².